The van der Waals surface area contributed by atoms with Crippen LogP contribution in [0, 0.1) is 0 Å². The first-order valence-electron chi connectivity index (χ1n) is 6.06. The SMILES string of the molecule is CCC1CC(c2ccccc2)CC(OC)O1. The molecule has 0 aliphatic carbocycles. The van der Waals surface area contributed by atoms with E-state index in [1.807, 2.05) is 0 Å². The second kappa shape index (κ2) is 5.46. The van der Waals surface area contributed by atoms with Crippen molar-refractivity contribution in [3.05, 3.63) is 35.9 Å². The average Bonchev–Trinajstić information content (AvgIpc) is 2.39. The Hall–Kier alpha value is -0.860. The van der Waals surface area contributed by atoms with Crippen molar-refractivity contribution < 1.29 is 9.47 Å². The van der Waals surface area contributed by atoms with Gasteiger partial charge in [0.1, 0.15) is 0 Å². The highest BCUT2D eigenvalue weighted by Gasteiger charge is 2.29. The van der Waals surface area contributed by atoms with Crippen molar-refractivity contribution in [1.82, 2.24) is 0 Å². The molecule has 2 rings (SSSR count). The summed E-state index contributed by atoms with van der Waals surface area (Å²) in [5, 5.41) is 0. The zero-order valence-corrected chi connectivity index (χ0v) is 10.1. The monoisotopic (exact) mass is 220 g/mol. The second-order valence-corrected chi connectivity index (χ2v) is 4.41. The fraction of sp³-hybridized carbons (Fsp3) is 0.571. The lowest BCUT2D eigenvalue weighted by Gasteiger charge is -2.34. The van der Waals surface area contributed by atoms with Crippen molar-refractivity contribution in [1.29, 1.82) is 0 Å². The normalized spacial score (nSPS) is 30.2. The summed E-state index contributed by atoms with van der Waals surface area (Å²) in [5.74, 6) is 0.574. The predicted octanol–water partition coefficient (Wildman–Crippen LogP) is 3.33. The minimum Gasteiger partial charge on any atom is -0.356 e. The maximum absolute atomic E-state index is 5.81. The summed E-state index contributed by atoms with van der Waals surface area (Å²) >= 11 is 0. The quantitative estimate of drug-likeness (QED) is 0.778. The number of hydrogen-bond acceptors (Lipinski definition) is 2. The maximum Gasteiger partial charge on any atom is 0.158 e. The molecule has 1 aliphatic heterocycles. The largest absolute Gasteiger partial charge is 0.356 e. The van der Waals surface area contributed by atoms with Crippen molar-refractivity contribution in [2.24, 2.45) is 0 Å². The van der Waals surface area contributed by atoms with Gasteiger partial charge in [0.15, 0.2) is 6.29 Å². The van der Waals surface area contributed by atoms with E-state index >= 15 is 0 Å². The summed E-state index contributed by atoms with van der Waals surface area (Å²) in [5.41, 5.74) is 1.41. The Morgan fingerprint density at radius 3 is 2.62 bits per heavy atom. The molecule has 1 aromatic carbocycles. The molecule has 0 spiro atoms. The molecule has 2 nitrogen and oxygen atoms in total. The van der Waals surface area contributed by atoms with Crippen LogP contribution in [0.2, 0.25) is 0 Å². The Morgan fingerprint density at radius 1 is 1.25 bits per heavy atom. The van der Waals surface area contributed by atoms with Crippen LogP contribution in [-0.2, 0) is 9.47 Å². The maximum atomic E-state index is 5.81. The summed E-state index contributed by atoms with van der Waals surface area (Å²) in [6.07, 6.45) is 3.44. The molecule has 16 heavy (non-hydrogen) atoms. The van der Waals surface area contributed by atoms with E-state index in [1.165, 1.54) is 5.56 Å². The Morgan fingerprint density at radius 2 is 2.00 bits per heavy atom. The van der Waals surface area contributed by atoms with Crippen LogP contribution < -0.4 is 0 Å². The van der Waals surface area contributed by atoms with Gasteiger partial charge in [-0.05, 0) is 24.3 Å². The van der Waals surface area contributed by atoms with Crippen LogP contribution in [0.1, 0.15) is 37.7 Å². The Labute approximate surface area is 97.6 Å². The lowest BCUT2D eigenvalue weighted by Crippen LogP contribution is -2.32. The molecule has 0 radical (unpaired) electrons. The van der Waals surface area contributed by atoms with Crippen molar-refractivity contribution in [3.8, 4) is 0 Å². The molecule has 1 aliphatic rings. The average molecular weight is 220 g/mol. The zero-order valence-electron chi connectivity index (χ0n) is 10.1. The number of rotatable bonds is 3. The van der Waals surface area contributed by atoms with E-state index in [-0.39, 0.29) is 6.29 Å². The van der Waals surface area contributed by atoms with Gasteiger partial charge in [0, 0.05) is 13.5 Å². The first kappa shape index (κ1) is 11.6. The minimum atomic E-state index is -0.0380. The van der Waals surface area contributed by atoms with E-state index in [4.69, 9.17) is 9.47 Å². The highest BCUT2D eigenvalue weighted by Crippen LogP contribution is 2.34. The van der Waals surface area contributed by atoms with Gasteiger partial charge in [-0.3, -0.25) is 0 Å². The molecule has 0 amide bonds. The van der Waals surface area contributed by atoms with Crippen LogP contribution in [0.5, 0.6) is 0 Å². The molecule has 88 valence electrons. The summed E-state index contributed by atoms with van der Waals surface area (Å²) in [7, 11) is 1.73. The third-order valence-electron chi connectivity index (χ3n) is 3.36. The summed E-state index contributed by atoms with van der Waals surface area (Å²) in [6, 6.07) is 10.7. The van der Waals surface area contributed by atoms with E-state index in [2.05, 4.69) is 37.3 Å². The van der Waals surface area contributed by atoms with Gasteiger partial charge in [-0.25, -0.2) is 0 Å². The third kappa shape index (κ3) is 2.63. The van der Waals surface area contributed by atoms with Crippen LogP contribution in [0.4, 0.5) is 0 Å². The second-order valence-electron chi connectivity index (χ2n) is 4.41. The lowest BCUT2D eigenvalue weighted by molar-refractivity contribution is -0.185. The zero-order chi connectivity index (χ0) is 11.4. The lowest BCUT2D eigenvalue weighted by atomic mass is 9.87. The molecule has 1 aromatic rings. The third-order valence-corrected chi connectivity index (χ3v) is 3.36. The Bertz CT molecular complexity index is 298. The number of ether oxygens (including phenoxy) is 2. The number of hydrogen-bond donors (Lipinski definition) is 0. The topological polar surface area (TPSA) is 18.5 Å². The fourth-order valence-corrected chi connectivity index (χ4v) is 2.38. The van der Waals surface area contributed by atoms with Crippen LogP contribution in [0.25, 0.3) is 0 Å². The molecule has 0 aromatic heterocycles. The molecular formula is C14H20O2. The van der Waals surface area contributed by atoms with E-state index in [1.54, 1.807) is 7.11 Å². The van der Waals surface area contributed by atoms with Gasteiger partial charge in [0.2, 0.25) is 0 Å². The molecule has 1 fully saturated rings. The number of benzene rings is 1. The fourth-order valence-electron chi connectivity index (χ4n) is 2.38. The molecule has 0 N–H and O–H groups in total. The molecule has 1 saturated heterocycles. The van der Waals surface area contributed by atoms with Gasteiger partial charge in [0.25, 0.3) is 0 Å². The Kier molecular flexibility index (Phi) is 3.97. The van der Waals surface area contributed by atoms with Crippen LogP contribution in [0.15, 0.2) is 30.3 Å². The smallest absolute Gasteiger partial charge is 0.158 e. The van der Waals surface area contributed by atoms with E-state index in [9.17, 15) is 0 Å². The molecule has 1 heterocycles. The van der Waals surface area contributed by atoms with Crippen molar-refractivity contribution >= 4 is 0 Å². The van der Waals surface area contributed by atoms with Gasteiger partial charge < -0.3 is 9.47 Å². The molecule has 0 saturated carbocycles. The van der Waals surface area contributed by atoms with E-state index in [0.717, 1.165) is 19.3 Å². The first-order valence-corrected chi connectivity index (χ1v) is 6.06. The van der Waals surface area contributed by atoms with Crippen LogP contribution in [0.3, 0.4) is 0 Å². The predicted molar refractivity (Wildman–Crippen MR) is 64.4 cm³/mol. The molecule has 3 unspecified atom stereocenters. The minimum absolute atomic E-state index is 0.0380. The highest BCUT2D eigenvalue weighted by atomic mass is 16.7. The van der Waals surface area contributed by atoms with Gasteiger partial charge in [-0.15, -0.1) is 0 Å². The van der Waals surface area contributed by atoms with Crippen molar-refractivity contribution in [2.45, 2.75) is 44.5 Å². The summed E-state index contributed by atoms with van der Waals surface area (Å²) in [6.45, 7) is 2.17. The molecule has 3 atom stereocenters. The van der Waals surface area contributed by atoms with Crippen molar-refractivity contribution in [3.63, 3.8) is 0 Å². The standard InChI is InChI=1S/C14H20O2/c1-3-13-9-12(10-14(15-2)16-13)11-7-5-4-6-8-11/h4-8,12-14H,3,9-10H2,1-2H3. The Balaban J connectivity index is 2.09. The van der Waals surface area contributed by atoms with Gasteiger partial charge in [0.05, 0.1) is 6.10 Å². The van der Waals surface area contributed by atoms with E-state index < -0.39 is 0 Å². The van der Waals surface area contributed by atoms with Gasteiger partial charge in [-0.1, -0.05) is 37.3 Å². The highest BCUT2D eigenvalue weighted by molar-refractivity contribution is 5.20. The van der Waals surface area contributed by atoms with Crippen molar-refractivity contribution in [2.75, 3.05) is 7.11 Å². The summed E-state index contributed by atoms with van der Waals surface area (Å²) < 4.78 is 11.2. The van der Waals surface area contributed by atoms with Gasteiger partial charge in [-0.2, -0.15) is 0 Å². The molecular weight excluding hydrogens is 200 g/mol. The number of methoxy groups -OCH3 is 1. The van der Waals surface area contributed by atoms with Gasteiger partial charge >= 0.3 is 0 Å². The van der Waals surface area contributed by atoms with Crippen LogP contribution in [-0.4, -0.2) is 19.5 Å². The van der Waals surface area contributed by atoms with E-state index in [0.29, 0.717) is 12.0 Å². The van der Waals surface area contributed by atoms with Crippen LogP contribution >= 0.6 is 0 Å². The first-order chi connectivity index (χ1) is 7.83. The molecule has 2 heteroatoms. The molecule has 0 bridgehead atoms. The summed E-state index contributed by atoms with van der Waals surface area (Å²) in [4.78, 5) is 0.